The largest absolute Gasteiger partial charge is 0.588 e. The Kier molecular flexibility index (Phi) is 5.32. The third kappa shape index (κ3) is 4.01. The van der Waals surface area contributed by atoms with Gasteiger partial charge in [-0.05, 0) is 42.7 Å². The first-order valence-corrected chi connectivity index (χ1v) is 10.6. The molecule has 0 spiro atoms. The van der Waals surface area contributed by atoms with Crippen LogP contribution in [0.4, 0.5) is 5.69 Å². The van der Waals surface area contributed by atoms with E-state index in [0.717, 1.165) is 5.56 Å². The van der Waals surface area contributed by atoms with Gasteiger partial charge < -0.3 is 9.87 Å². The van der Waals surface area contributed by atoms with Crippen LogP contribution in [0.25, 0.3) is 0 Å². The van der Waals surface area contributed by atoms with Gasteiger partial charge in [-0.3, -0.25) is 19.7 Å². The maximum atomic E-state index is 13.1. The number of nitrogens with zero attached hydrogens (tertiary/aromatic N) is 4. The number of aryl methyl sites for hydroxylation is 1. The van der Waals surface area contributed by atoms with Gasteiger partial charge in [-0.2, -0.15) is 4.31 Å². The molecule has 1 aliphatic heterocycles. The first-order valence-electron chi connectivity index (χ1n) is 9.14. The third-order valence-corrected chi connectivity index (χ3v) is 6.45. The van der Waals surface area contributed by atoms with Crippen LogP contribution in [0.15, 0.2) is 66.2 Å². The van der Waals surface area contributed by atoms with Crippen molar-refractivity contribution in [1.29, 1.82) is 0 Å². The van der Waals surface area contributed by atoms with Gasteiger partial charge in [0.25, 0.3) is 5.91 Å². The fraction of sp³-hybridized carbons (Fsp3) is 0.200. The molecule has 9 heteroatoms. The zero-order valence-electron chi connectivity index (χ0n) is 15.5. The van der Waals surface area contributed by atoms with Crippen molar-refractivity contribution in [3.05, 3.63) is 78.1 Å². The molecule has 0 bridgehead atoms. The van der Waals surface area contributed by atoms with Crippen LogP contribution in [0.2, 0.25) is 0 Å². The molecule has 0 fully saturated rings. The molecular formula is C20H19N5O3S. The van der Waals surface area contributed by atoms with Crippen LogP contribution in [0.5, 0.6) is 0 Å². The molecule has 1 atom stereocenters. The van der Waals surface area contributed by atoms with Crippen molar-refractivity contribution in [2.45, 2.75) is 24.3 Å². The molecular weight excluding hydrogens is 390 g/mol. The number of carbonyl (C=O) groups excluding carboxylic acids is 1. The number of anilines is 1. The molecule has 4 rings (SSSR count). The Balaban J connectivity index is 1.60. The normalized spacial score (nSPS) is 15.3. The predicted octanol–water partition coefficient (Wildman–Crippen LogP) is 2.16. The fourth-order valence-corrected chi connectivity index (χ4v) is 4.67. The highest BCUT2D eigenvalue weighted by molar-refractivity contribution is 7.99. The summed E-state index contributed by atoms with van der Waals surface area (Å²) in [7, 11) is -3.78. The van der Waals surface area contributed by atoms with Crippen molar-refractivity contribution in [2.24, 2.45) is 0 Å². The second-order valence-electron chi connectivity index (χ2n) is 6.60. The number of pyridine rings is 3. The van der Waals surface area contributed by atoms with E-state index >= 15 is 0 Å². The quantitative estimate of drug-likeness (QED) is 0.647. The van der Waals surface area contributed by atoms with Gasteiger partial charge in [0.05, 0.1) is 24.0 Å². The van der Waals surface area contributed by atoms with Gasteiger partial charge >= 0.3 is 0 Å². The van der Waals surface area contributed by atoms with Crippen molar-refractivity contribution in [1.82, 2.24) is 20.3 Å². The van der Waals surface area contributed by atoms with Crippen LogP contribution in [0.1, 0.15) is 28.0 Å². The smallest absolute Gasteiger partial charge is 0.253 e. The molecule has 0 radical (unpaired) electrons. The average Bonchev–Trinajstić information content (AvgIpc) is 2.78. The molecule has 3 aromatic heterocycles. The SMILES string of the molecule is O=C(NCc1cccnc1)c1cnc2c(c1)N([S+](=O)([O-])c1cccnc1)CCC2. The first kappa shape index (κ1) is 19.2. The summed E-state index contributed by atoms with van der Waals surface area (Å²) in [5.41, 5.74) is 2.27. The Morgan fingerprint density at radius 3 is 2.69 bits per heavy atom. The number of hydrogen-bond acceptors (Lipinski definition) is 6. The topological polar surface area (TPSA) is 111 Å². The van der Waals surface area contributed by atoms with Gasteiger partial charge in [0, 0.05) is 31.3 Å². The van der Waals surface area contributed by atoms with Crippen molar-refractivity contribution < 1.29 is 13.6 Å². The predicted molar refractivity (Wildman–Crippen MR) is 107 cm³/mol. The lowest BCUT2D eigenvalue weighted by Crippen LogP contribution is -2.40. The van der Waals surface area contributed by atoms with Crippen molar-refractivity contribution in [2.75, 3.05) is 10.8 Å². The van der Waals surface area contributed by atoms with E-state index in [1.807, 2.05) is 6.07 Å². The zero-order chi connectivity index (χ0) is 20.3. The van der Waals surface area contributed by atoms with E-state index in [-0.39, 0.29) is 10.8 Å². The molecule has 1 amide bonds. The van der Waals surface area contributed by atoms with E-state index in [2.05, 4.69) is 20.3 Å². The lowest BCUT2D eigenvalue weighted by molar-refractivity contribution is 0.0950. The van der Waals surface area contributed by atoms with Gasteiger partial charge in [0.2, 0.25) is 0 Å². The van der Waals surface area contributed by atoms with E-state index in [1.165, 1.54) is 29.0 Å². The first-order chi connectivity index (χ1) is 14.1. The summed E-state index contributed by atoms with van der Waals surface area (Å²) < 4.78 is 27.5. The summed E-state index contributed by atoms with van der Waals surface area (Å²) >= 11 is 0. The molecule has 1 N–H and O–H groups in total. The van der Waals surface area contributed by atoms with E-state index in [1.54, 1.807) is 30.6 Å². The lowest BCUT2D eigenvalue weighted by Gasteiger charge is -2.32. The second kappa shape index (κ2) is 8.06. The Labute approximate surface area is 169 Å². The standard InChI is InChI=1S/C20H19N5O3S/c26-20(24-12-15-4-1-7-21-11-15)16-10-19-18(23-13-16)6-3-9-25(19)29(27,28)17-5-2-8-22-14-17/h1-2,4-5,7-8,10-11,13-14H,3,6,9,12H2,(H-,24,26,27,28). The van der Waals surface area contributed by atoms with Crippen LogP contribution >= 0.6 is 0 Å². The number of rotatable bonds is 5. The van der Waals surface area contributed by atoms with Crippen LogP contribution in [0.3, 0.4) is 0 Å². The molecule has 4 heterocycles. The Morgan fingerprint density at radius 2 is 1.97 bits per heavy atom. The van der Waals surface area contributed by atoms with Crippen LogP contribution in [0, 0.1) is 0 Å². The molecule has 1 aliphatic rings. The molecule has 3 aromatic rings. The number of amides is 1. The zero-order valence-corrected chi connectivity index (χ0v) is 16.3. The van der Waals surface area contributed by atoms with Crippen molar-refractivity contribution in [3.63, 3.8) is 0 Å². The summed E-state index contributed by atoms with van der Waals surface area (Å²) in [6.07, 6.45) is 8.98. The monoisotopic (exact) mass is 409 g/mol. The molecule has 0 saturated heterocycles. The summed E-state index contributed by atoms with van der Waals surface area (Å²) in [6.45, 7) is 0.647. The number of nitrogens with one attached hydrogen (secondary N) is 1. The highest BCUT2D eigenvalue weighted by Crippen LogP contribution is 2.33. The van der Waals surface area contributed by atoms with Crippen molar-refractivity contribution in [3.8, 4) is 0 Å². The molecule has 1 unspecified atom stereocenters. The number of hydrogen-bond donors (Lipinski definition) is 1. The third-order valence-electron chi connectivity index (χ3n) is 4.65. The van der Waals surface area contributed by atoms with Gasteiger partial charge in [-0.25, -0.2) is 0 Å². The van der Waals surface area contributed by atoms with Gasteiger partial charge in [0.1, 0.15) is 5.69 Å². The summed E-state index contributed by atoms with van der Waals surface area (Å²) in [4.78, 5) is 25.0. The van der Waals surface area contributed by atoms with Crippen molar-refractivity contribution >= 4 is 22.0 Å². The number of carbonyl (C=O) groups is 1. The van der Waals surface area contributed by atoms with Crippen LogP contribution in [-0.2, 0) is 27.6 Å². The molecule has 0 aromatic carbocycles. The molecule has 148 valence electrons. The second-order valence-corrected chi connectivity index (χ2v) is 8.47. The fourth-order valence-electron chi connectivity index (χ4n) is 3.19. The minimum Gasteiger partial charge on any atom is -0.588 e. The molecule has 8 nitrogen and oxygen atoms in total. The minimum absolute atomic E-state index is 0.110. The molecule has 0 aliphatic carbocycles. The summed E-state index contributed by atoms with van der Waals surface area (Å²) in [5, 5.41) is 2.81. The van der Waals surface area contributed by atoms with Gasteiger partial charge in [-0.15, -0.1) is 0 Å². The summed E-state index contributed by atoms with van der Waals surface area (Å²) in [5.74, 6) is -0.326. The van der Waals surface area contributed by atoms with E-state index in [0.29, 0.717) is 42.9 Å². The Bertz CT molecular complexity index is 1060. The molecule has 29 heavy (non-hydrogen) atoms. The van der Waals surface area contributed by atoms with E-state index < -0.39 is 10.4 Å². The Hall–Kier alpha value is -3.17. The Morgan fingerprint density at radius 1 is 1.17 bits per heavy atom. The van der Waals surface area contributed by atoms with E-state index in [9.17, 15) is 13.6 Å². The van der Waals surface area contributed by atoms with Gasteiger partial charge in [-0.1, -0.05) is 10.3 Å². The van der Waals surface area contributed by atoms with Gasteiger partial charge in [0.15, 0.2) is 15.3 Å². The van der Waals surface area contributed by atoms with Crippen LogP contribution < -0.4 is 9.62 Å². The maximum absolute atomic E-state index is 13.1. The van der Waals surface area contributed by atoms with E-state index in [4.69, 9.17) is 0 Å². The number of sulfonamides is 1. The summed E-state index contributed by atoms with van der Waals surface area (Å²) in [6, 6.07) is 8.34. The maximum Gasteiger partial charge on any atom is 0.253 e. The number of aromatic nitrogens is 3. The molecule has 0 saturated carbocycles. The average molecular weight is 409 g/mol. The lowest BCUT2D eigenvalue weighted by atomic mass is 10.1. The van der Waals surface area contributed by atoms with Crippen LogP contribution in [-0.4, -0.2) is 32.0 Å². The highest BCUT2D eigenvalue weighted by atomic mass is 32.3. The minimum atomic E-state index is -3.78. The highest BCUT2D eigenvalue weighted by Gasteiger charge is 2.35. The number of fused-ring (bicyclic) bond motifs is 1.